The second kappa shape index (κ2) is 7.51. The van der Waals surface area contributed by atoms with Crippen LogP contribution in [-0.2, 0) is 6.54 Å². The van der Waals surface area contributed by atoms with Gasteiger partial charge in [0, 0.05) is 31.6 Å². The van der Waals surface area contributed by atoms with E-state index in [4.69, 9.17) is 16.3 Å². The number of hydrogen-bond donors (Lipinski definition) is 0. The molecule has 3 heterocycles. The van der Waals surface area contributed by atoms with Crippen LogP contribution >= 0.6 is 11.6 Å². The SMILES string of the molecule is CC[C@H]1Cn2c(C(=O)N3CCN(c4ccccc4F)CC3)cc3c(Cl)ccc(c32)O1. The van der Waals surface area contributed by atoms with E-state index >= 15 is 0 Å². The summed E-state index contributed by atoms with van der Waals surface area (Å²) in [4.78, 5) is 17.3. The fraction of sp³-hybridized carbons (Fsp3) is 0.348. The van der Waals surface area contributed by atoms with Crippen LogP contribution in [-0.4, -0.2) is 47.7 Å². The van der Waals surface area contributed by atoms with Gasteiger partial charge in [-0.25, -0.2) is 4.39 Å². The molecule has 30 heavy (non-hydrogen) atoms. The lowest BCUT2D eigenvalue weighted by Gasteiger charge is -2.36. The molecule has 1 fully saturated rings. The first kappa shape index (κ1) is 19.2. The van der Waals surface area contributed by atoms with Crippen LogP contribution in [0.25, 0.3) is 10.9 Å². The molecule has 0 N–H and O–H groups in total. The normalized spacial score (nSPS) is 18.6. The van der Waals surface area contributed by atoms with Gasteiger partial charge in [-0.05, 0) is 36.8 Å². The maximum Gasteiger partial charge on any atom is 0.270 e. The molecule has 0 radical (unpaired) electrons. The van der Waals surface area contributed by atoms with Gasteiger partial charge < -0.3 is 19.1 Å². The molecule has 7 heteroatoms. The fourth-order valence-corrected chi connectivity index (χ4v) is 4.64. The van der Waals surface area contributed by atoms with E-state index in [1.165, 1.54) is 6.07 Å². The van der Waals surface area contributed by atoms with Gasteiger partial charge in [0.1, 0.15) is 23.4 Å². The van der Waals surface area contributed by atoms with Crippen LogP contribution in [0.15, 0.2) is 42.5 Å². The zero-order valence-electron chi connectivity index (χ0n) is 16.8. The van der Waals surface area contributed by atoms with E-state index in [0.29, 0.717) is 49.1 Å². The van der Waals surface area contributed by atoms with E-state index in [0.717, 1.165) is 23.1 Å². The summed E-state index contributed by atoms with van der Waals surface area (Å²) >= 11 is 6.42. The number of carbonyl (C=O) groups excluding carboxylic acids is 1. The van der Waals surface area contributed by atoms with Crippen LogP contribution in [0.5, 0.6) is 5.75 Å². The minimum absolute atomic E-state index is 0.0156. The Kier molecular flexibility index (Phi) is 4.82. The molecule has 1 amide bonds. The quantitative estimate of drug-likeness (QED) is 0.614. The van der Waals surface area contributed by atoms with Crippen molar-refractivity contribution < 1.29 is 13.9 Å². The standard InChI is InChI=1S/C23H23ClFN3O2/c1-2-15-14-28-20(13-16-17(24)7-8-21(30-15)22(16)28)23(29)27-11-9-26(10-12-27)19-6-4-3-5-18(19)25/h3-8,13,15H,2,9-12,14H2,1H3/t15-/m0/s1. The van der Waals surface area contributed by atoms with Gasteiger partial charge in [0.25, 0.3) is 5.91 Å². The number of rotatable bonds is 3. The van der Waals surface area contributed by atoms with Crippen molar-refractivity contribution in [1.82, 2.24) is 9.47 Å². The highest BCUT2D eigenvalue weighted by molar-refractivity contribution is 6.36. The van der Waals surface area contributed by atoms with Crippen molar-refractivity contribution in [2.45, 2.75) is 26.0 Å². The molecule has 5 rings (SSSR count). The Morgan fingerprint density at radius 3 is 2.67 bits per heavy atom. The summed E-state index contributed by atoms with van der Waals surface area (Å²) in [6, 6.07) is 12.4. The average Bonchev–Trinajstić information content (AvgIpc) is 3.17. The Hall–Kier alpha value is -2.73. The molecule has 156 valence electrons. The predicted octanol–water partition coefficient (Wildman–Crippen LogP) is 4.57. The minimum Gasteiger partial charge on any atom is -0.486 e. The first-order valence-electron chi connectivity index (χ1n) is 10.3. The van der Waals surface area contributed by atoms with Crippen molar-refractivity contribution in [2.75, 3.05) is 31.1 Å². The number of carbonyl (C=O) groups is 1. The van der Waals surface area contributed by atoms with Crippen molar-refractivity contribution in [1.29, 1.82) is 0 Å². The van der Waals surface area contributed by atoms with Crippen molar-refractivity contribution in [2.24, 2.45) is 0 Å². The maximum atomic E-state index is 14.1. The molecule has 3 aromatic rings. The molecule has 0 bridgehead atoms. The molecule has 5 nitrogen and oxygen atoms in total. The summed E-state index contributed by atoms with van der Waals surface area (Å²) in [6.45, 7) is 4.99. The Morgan fingerprint density at radius 2 is 1.93 bits per heavy atom. The lowest BCUT2D eigenvalue weighted by Crippen LogP contribution is -2.49. The molecular formula is C23H23ClFN3O2. The van der Waals surface area contributed by atoms with E-state index in [1.807, 2.05) is 34.1 Å². The van der Waals surface area contributed by atoms with Crippen LogP contribution in [0.2, 0.25) is 5.02 Å². The lowest BCUT2D eigenvalue weighted by atomic mass is 10.2. The second-order valence-corrected chi connectivity index (χ2v) is 8.23. The number of halogens is 2. The van der Waals surface area contributed by atoms with Gasteiger partial charge in [-0.1, -0.05) is 30.7 Å². The van der Waals surface area contributed by atoms with Gasteiger partial charge in [-0.3, -0.25) is 4.79 Å². The van der Waals surface area contributed by atoms with Crippen molar-refractivity contribution in [3.8, 4) is 5.75 Å². The largest absolute Gasteiger partial charge is 0.486 e. The summed E-state index contributed by atoms with van der Waals surface area (Å²) in [5.41, 5.74) is 2.12. The minimum atomic E-state index is -0.229. The number of anilines is 1. The van der Waals surface area contributed by atoms with E-state index < -0.39 is 0 Å². The highest BCUT2D eigenvalue weighted by atomic mass is 35.5. The number of aromatic nitrogens is 1. The Labute approximate surface area is 179 Å². The zero-order chi connectivity index (χ0) is 20.8. The Bertz CT molecular complexity index is 1120. The summed E-state index contributed by atoms with van der Waals surface area (Å²) < 4.78 is 22.2. The van der Waals surface area contributed by atoms with Gasteiger partial charge in [-0.15, -0.1) is 0 Å². The number of amides is 1. The monoisotopic (exact) mass is 427 g/mol. The van der Waals surface area contributed by atoms with Crippen LogP contribution in [0, 0.1) is 5.82 Å². The molecule has 0 spiro atoms. The third-order valence-electron chi connectivity index (χ3n) is 6.08. The van der Waals surface area contributed by atoms with Crippen LogP contribution in [0.1, 0.15) is 23.8 Å². The maximum absolute atomic E-state index is 14.1. The Morgan fingerprint density at radius 1 is 1.17 bits per heavy atom. The van der Waals surface area contributed by atoms with Gasteiger partial charge >= 0.3 is 0 Å². The third kappa shape index (κ3) is 3.10. The first-order valence-corrected chi connectivity index (χ1v) is 10.7. The first-order chi connectivity index (χ1) is 14.6. The van der Waals surface area contributed by atoms with Gasteiger partial charge in [0.15, 0.2) is 0 Å². The molecule has 2 aromatic carbocycles. The summed E-state index contributed by atoms with van der Waals surface area (Å²) in [7, 11) is 0. The molecule has 2 aliphatic heterocycles. The smallest absolute Gasteiger partial charge is 0.270 e. The van der Waals surface area contributed by atoms with Gasteiger partial charge in [0.05, 0.1) is 22.8 Å². The number of piperazine rings is 1. The average molecular weight is 428 g/mol. The van der Waals surface area contributed by atoms with Gasteiger partial charge in [0.2, 0.25) is 0 Å². The molecule has 1 saturated heterocycles. The van der Waals surface area contributed by atoms with Gasteiger partial charge in [-0.2, -0.15) is 0 Å². The summed E-state index contributed by atoms with van der Waals surface area (Å²) in [5, 5.41) is 1.46. The van der Waals surface area contributed by atoms with E-state index in [2.05, 4.69) is 11.5 Å². The highest BCUT2D eigenvalue weighted by Gasteiger charge is 2.30. The molecule has 2 aliphatic rings. The summed E-state index contributed by atoms with van der Waals surface area (Å²) in [5.74, 6) is 0.529. The molecule has 0 saturated carbocycles. The van der Waals surface area contributed by atoms with E-state index in [9.17, 15) is 9.18 Å². The molecule has 1 atom stereocenters. The number of para-hydroxylation sites is 1. The highest BCUT2D eigenvalue weighted by Crippen LogP contribution is 2.38. The molecule has 0 unspecified atom stereocenters. The van der Waals surface area contributed by atoms with Crippen LogP contribution < -0.4 is 9.64 Å². The van der Waals surface area contributed by atoms with Crippen molar-refractivity contribution in [3.05, 3.63) is 59.0 Å². The lowest BCUT2D eigenvalue weighted by molar-refractivity contribution is 0.0730. The number of ether oxygens (including phenoxy) is 1. The second-order valence-electron chi connectivity index (χ2n) is 7.83. The Balaban J connectivity index is 1.42. The van der Waals surface area contributed by atoms with Crippen LogP contribution in [0.4, 0.5) is 10.1 Å². The number of benzene rings is 2. The molecule has 1 aromatic heterocycles. The topological polar surface area (TPSA) is 37.7 Å². The number of nitrogens with zero attached hydrogens (tertiary/aromatic N) is 3. The molecule has 0 aliphatic carbocycles. The molecular weight excluding hydrogens is 405 g/mol. The summed E-state index contributed by atoms with van der Waals surface area (Å²) in [6.07, 6.45) is 0.884. The third-order valence-corrected chi connectivity index (χ3v) is 6.41. The van der Waals surface area contributed by atoms with E-state index in [1.54, 1.807) is 12.1 Å². The van der Waals surface area contributed by atoms with Crippen molar-refractivity contribution in [3.63, 3.8) is 0 Å². The zero-order valence-corrected chi connectivity index (χ0v) is 17.5. The van der Waals surface area contributed by atoms with Crippen LogP contribution in [0.3, 0.4) is 0 Å². The van der Waals surface area contributed by atoms with E-state index in [-0.39, 0.29) is 17.8 Å². The fourth-order valence-electron chi connectivity index (χ4n) is 4.43. The van der Waals surface area contributed by atoms with Crippen molar-refractivity contribution >= 4 is 34.1 Å². The predicted molar refractivity (Wildman–Crippen MR) is 116 cm³/mol. The number of hydrogen-bond acceptors (Lipinski definition) is 3.